The van der Waals surface area contributed by atoms with Gasteiger partial charge in [-0.3, -0.25) is 9.78 Å². The number of aryl methyl sites for hydroxylation is 1. The highest BCUT2D eigenvalue weighted by Crippen LogP contribution is 2.41. The van der Waals surface area contributed by atoms with Crippen LogP contribution in [0.2, 0.25) is 0 Å². The Kier molecular flexibility index (Phi) is 9.60. The number of hydrogen-bond acceptors (Lipinski definition) is 3. The molecule has 1 aromatic rings. The van der Waals surface area contributed by atoms with E-state index in [2.05, 4.69) is 59.0 Å². The van der Waals surface area contributed by atoms with E-state index in [1.165, 1.54) is 45.4 Å². The number of aromatic nitrogens is 1. The summed E-state index contributed by atoms with van der Waals surface area (Å²) in [5, 5.41) is 0. The molecule has 3 nitrogen and oxygen atoms in total. The number of fused-ring (bicyclic) bond motifs is 2. The Morgan fingerprint density at radius 3 is 2.66 bits per heavy atom. The van der Waals surface area contributed by atoms with E-state index >= 15 is 0 Å². The molecule has 0 amide bonds. The minimum atomic E-state index is -0.435. The van der Waals surface area contributed by atoms with E-state index in [0.29, 0.717) is 12.3 Å². The molecule has 0 spiro atoms. The molecule has 0 saturated heterocycles. The first-order valence-electron chi connectivity index (χ1n) is 15.7. The van der Waals surface area contributed by atoms with Crippen molar-refractivity contribution in [1.29, 1.82) is 0 Å². The number of carbonyl (C=O) groups excluding carboxylic acids is 1. The third-order valence-corrected chi connectivity index (χ3v) is 8.54. The van der Waals surface area contributed by atoms with Gasteiger partial charge in [0, 0.05) is 18.3 Å². The summed E-state index contributed by atoms with van der Waals surface area (Å²) in [7, 11) is 0. The topological polar surface area (TPSA) is 39.2 Å². The van der Waals surface area contributed by atoms with E-state index in [0.717, 1.165) is 76.3 Å². The molecule has 1 atom stereocenters. The molecule has 3 heteroatoms. The van der Waals surface area contributed by atoms with Crippen molar-refractivity contribution in [3.05, 3.63) is 111 Å². The van der Waals surface area contributed by atoms with Gasteiger partial charge in [0.1, 0.15) is 5.60 Å². The Balaban J connectivity index is 1.51. The van der Waals surface area contributed by atoms with Gasteiger partial charge in [0.2, 0.25) is 0 Å². The molecule has 0 N–H and O–H groups in total. The predicted molar refractivity (Wildman–Crippen MR) is 167 cm³/mol. The summed E-state index contributed by atoms with van der Waals surface area (Å²) in [6, 6.07) is 6.18. The third kappa shape index (κ3) is 8.10. The smallest absolute Gasteiger partial charge is 0.306 e. The number of hydrogen-bond donors (Lipinski definition) is 0. The SMILES string of the molecule is CC(C)(C)OC(=O)CC1CCC2=C=CCC3=C(CCc4ccccn4)C=C=CCCC3=CC(C3=CCCC3)=C2CC1. The first-order chi connectivity index (χ1) is 19.9. The molecule has 1 unspecified atom stereocenters. The lowest BCUT2D eigenvalue weighted by Crippen LogP contribution is -2.25. The Morgan fingerprint density at radius 1 is 1.00 bits per heavy atom. The maximum Gasteiger partial charge on any atom is 0.306 e. The molecule has 5 rings (SSSR count). The lowest BCUT2D eigenvalue weighted by molar-refractivity contribution is -0.156. The second-order valence-corrected chi connectivity index (χ2v) is 12.8. The number of rotatable bonds is 6. The van der Waals surface area contributed by atoms with Crippen LogP contribution in [0, 0.1) is 5.92 Å². The molecular formula is C38H45NO2. The monoisotopic (exact) mass is 547 g/mol. The van der Waals surface area contributed by atoms with Crippen molar-refractivity contribution in [2.45, 2.75) is 110 Å². The molecule has 1 fully saturated rings. The molecule has 0 radical (unpaired) electrons. The van der Waals surface area contributed by atoms with Crippen LogP contribution in [0.25, 0.3) is 0 Å². The van der Waals surface area contributed by atoms with E-state index in [4.69, 9.17) is 4.74 Å². The number of ether oxygens (including phenoxy) is 1. The average Bonchev–Trinajstić information content (AvgIpc) is 3.40. The van der Waals surface area contributed by atoms with E-state index < -0.39 is 5.60 Å². The predicted octanol–water partition coefficient (Wildman–Crippen LogP) is 9.56. The summed E-state index contributed by atoms with van der Waals surface area (Å²) in [4.78, 5) is 17.2. The first-order valence-corrected chi connectivity index (χ1v) is 15.7. The summed E-state index contributed by atoms with van der Waals surface area (Å²) < 4.78 is 5.68. The minimum absolute atomic E-state index is 0.0680. The van der Waals surface area contributed by atoms with E-state index in [1.54, 1.807) is 0 Å². The summed E-state index contributed by atoms with van der Waals surface area (Å²) in [5.74, 6) is 0.278. The summed E-state index contributed by atoms with van der Waals surface area (Å²) in [6.45, 7) is 5.85. The van der Waals surface area contributed by atoms with Crippen LogP contribution in [0.5, 0.6) is 0 Å². The highest BCUT2D eigenvalue weighted by molar-refractivity contribution is 5.70. The maximum absolute atomic E-state index is 12.7. The van der Waals surface area contributed by atoms with Crippen LogP contribution in [0.3, 0.4) is 0 Å². The lowest BCUT2D eigenvalue weighted by atomic mass is 9.86. The van der Waals surface area contributed by atoms with E-state index in [-0.39, 0.29) is 5.97 Å². The molecule has 4 aliphatic carbocycles. The zero-order valence-electron chi connectivity index (χ0n) is 25.2. The van der Waals surface area contributed by atoms with Crippen molar-refractivity contribution in [1.82, 2.24) is 4.98 Å². The van der Waals surface area contributed by atoms with Gasteiger partial charge in [-0.15, -0.1) is 11.5 Å². The van der Waals surface area contributed by atoms with Crippen LogP contribution in [0.4, 0.5) is 0 Å². The number of pyridine rings is 1. The van der Waals surface area contributed by atoms with Gasteiger partial charge >= 0.3 is 5.97 Å². The van der Waals surface area contributed by atoms with Crippen LogP contribution in [-0.4, -0.2) is 16.6 Å². The lowest BCUT2D eigenvalue weighted by Gasteiger charge is -2.21. The Morgan fingerprint density at radius 2 is 1.88 bits per heavy atom. The van der Waals surface area contributed by atoms with Crippen molar-refractivity contribution in [2.75, 3.05) is 0 Å². The molecule has 1 saturated carbocycles. The Hall–Kier alpha value is -3.38. The second kappa shape index (κ2) is 13.5. The van der Waals surface area contributed by atoms with Crippen molar-refractivity contribution in [2.24, 2.45) is 5.92 Å². The largest absolute Gasteiger partial charge is 0.460 e. The zero-order valence-corrected chi connectivity index (χ0v) is 25.2. The molecule has 1 heterocycles. The van der Waals surface area contributed by atoms with E-state index in [1.807, 2.05) is 33.0 Å². The van der Waals surface area contributed by atoms with Gasteiger partial charge in [0.05, 0.1) is 0 Å². The van der Waals surface area contributed by atoms with Gasteiger partial charge in [-0.05, 0) is 173 Å². The van der Waals surface area contributed by atoms with Crippen molar-refractivity contribution in [3.63, 3.8) is 0 Å². The fraction of sp³-hybridized carbons (Fsp3) is 0.474. The van der Waals surface area contributed by atoms with Crippen LogP contribution in [0.15, 0.2) is 105 Å². The highest BCUT2D eigenvalue weighted by atomic mass is 16.6. The first kappa shape index (κ1) is 29.1. The molecule has 1 aromatic heterocycles. The number of esters is 1. The summed E-state index contributed by atoms with van der Waals surface area (Å²) >= 11 is 0. The Labute approximate surface area is 246 Å². The zero-order chi connectivity index (χ0) is 28.7. The number of allylic oxidation sites excluding steroid dienone is 10. The molecule has 0 aromatic carbocycles. The van der Waals surface area contributed by atoms with Gasteiger partial charge in [0.25, 0.3) is 0 Å². The van der Waals surface area contributed by atoms with Gasteiger partial charge in [-0.25, -0.2) is 0 Å². The van der Waals surface area contributed by atoms with Crippen LogP contribution in [-0.2, 0) is 16.0 Å². The fourth-order valence-corrected chi connectivity index (χ4v) is 6.53. The van der Waals surface area contributed by atoms with Crippen molar-refractivity contribution < 1.29 is 9.53 Å². The van der Waals surface area contributed by atoms with Crippen LogP contribution >= 0.6 is 0 Å². The molecule has 4 aliphatic rings. The standard InChI is InChI=1S/C38H45NO2/c1-38(2,3)41-37(40)26-28-19-21-31-16-11-18-34-30(22-23-33-17-9-10-25-39-33)12-5-4-6-15-32(34)27-36(35(31)24-20-28)29-13-7-8-14-29/h4,9-13,17,25,27-28H,6-8,14-15,18-24,26H2,1-3H3. The Bertz CT molecular complexity index is 1390. The molecule has 0 bridgehead atoms. The van der Waals surface area contributed by atoms with Gasteiger partial charge in [0.15, 0.2) is 0 Å². The molecule has 41 heavy (non-hydrogen) atoms. The van der Waals surface area contributed by atoms with Crippen molar-refractivity contribution >= 4 is 5.97 Å². The van der Waals surface area contributed by atoms with Gasteiger partial charge in [-0.1, -0.05) is 18.2 Å². The molecular weight excluding hydrogens is 502 g/mol. The quantitative estimate of drug-likeness (QED) is 0.263. The fourth-order valence-electron chi connectivity index (χ4n) is 6.53. The molecule has 0 aliphatic heterocycles. The average molecular weight is 548 g/mol. The molecule has 214 valence electrons. The van der Waals surface area contributed by atoms with Crippen LogP contribution < -0.4 is 0 Å². The van der Waals surface area contributed by atoms with Gasteiger partial charge < -0.3 is 4.74 Å². The minimum Gasteiger partial charge on any atom is -0.460 e. The van der Waals surface area contributed by atoms with Crippen LogP contribution in [0.1, 0.15) is 104 Å². The van der Waals surface area contributed by atoms with E-state index in [9.17, 15) is 4.79 Å². The third-order valence-electron chi connectivity index (χ3n) is 8.54. The summed E-state index contributed by atoms with van der Waals surface area (Å²) in [6.07, 6.45) is 26.4. The number of nitrogens with zero attached hydrogens (tertiary/aromatic N) is 1. The number of carbonyl (C=O) groups is 1. The second-order valence-electron chi connectivity index (χ2n) is 12.8. The maximum atomic E-state index is 12.7. The van der Waals surface area contributed by atoms with Gasteiger partial charge in [-0.2, -0.15) is 0 Å². The summed E-state index contributed by atoms with van der Waals surface area (Å²) in [5.41, 5.74) is 18.0. The normalized spacial score (nSPS) is 21.3. The van der Waals surface area contributed by atoms with Crippen molar-refractivity contribution in [3.8, 4) is 0 Å². The highest BCUT2D eigenvalue weighted by Gasteiger charge is 2.27.